The molecule has 90 valence electrons. The van der Waals surface area contributed by atoms with Crippen LogP contribution in [-0.2, 0) is 11.3 Å². The molecule has 1 aromatic rings. The topological polar surface area (TPSA) is 71.8 Å². The van der Waals surface area contributed by atoms with E-state index in [9.17, 15) is 4.79 Å². The van der Waals surface area contributed by atoms with Crippen LogP contribution < -0.4 is 10.6 Å². The van der Waals surface area contributed by atoms with Gasteiger partial charge >= 0.3 is 0 Å². The van der Waals surface area contributed by atoms with Crippen molar-refractivity contribution in [1.82, 2.24) is 25.6 Å². The Bertz CT molecular complexity index is 296. The standard InChI is InChI=1S/C10H19N5O/c1-9(2)11-4-5-12-10(16)3-7-15-8-6-13-14-15/h6,8-9,11H,3-5,7H2,1-2H3,(H,12,16). The lowest BCUT2D eigenvalue weighted by Crippen LogP contribution is -2.34. The third-order valence-corrected chi connectivity index (χ3v) is 2.04. The summed E-state index contributed by atoms with van der Waals surface area (Å²) in [6.07, 6.45) is 3.78. The van der Waals surface area contributed by atoms with Crippen molar-refractivity contribution in [3.63, 3.8) is 0 Å². The van der Waals surface area contributed by atoms with E-state index in [1.54, 1.807) is 17.1 Å². The average molecular weight is 225 g/mol. The summed E-state index contributed by atoms with van der Waals surface area (Å²) >= 11 is 0. The van der Waals surface area contributed by atoms with Gasteiger partial charge in [-0.05, 0) is 0 Å². The van der Waals surface area contributed by atoms with Crippen molar-refractivity contribution in [2.75, 3.05) is 13.1 Å². The Balaban J connectivity index is 2.03. The first-order valence-electron chi connectivity index (χ1n) is 5.52. The second-order valence-corrected chi connectivity index (χ2v) is 3.87. The van der Waals surface area contributed by atoms with E-state index in [1.165, 1.54) is 0 Å². The van der Waals surface area contributed by atoms with Crippen molar-refractivity contribution < 1.29 is 4.79 Å². The Morgan fingerprint density at radius 3 is 2.88 bits per heavy atom. The van der Waals surface area contributed by atoms with Crippen LogP contribution in [-0.4, -0.2) is 40.0 Å². The predicted octanol–water partition coefficient (Wildman–Crippen LogP) is -0.218. The van der Waals surface area contributed by atoms with Crippen molar-refractivity contribution in [1.29, 1.82) is 0 Å². The van der Waals surface area contributed by atoms with E-state index in [2.05, 4.69) is 34.8 Å². The second-order valence-electron chi connectivity index (χ2n) is 3.87. The Hall–Kier alpha value is -1.43. The van der Waals surface area contributed by atoms with Crippen LogP contribution in [0.3, 0.4) is 0 Å². The van der Waals surface area contributed by atoms with E-state index in [0.29, 0.717) is 25.6 Å². The van der Waals surface area contributed by atoms with E-state index >= 15 is 0 Å². The van der Waals surface area contributed by atoms with Gasteiger partial charge in [0.25, 0.3) is 0 Å². The third-order valence-electron chi connectivity index (χ3n) is 2.04. The molecule has 2 N–H and O–H groups in total. The van der Waals surface area contributed by atoms with Crippen LogP contribution in [0.25, 0.3) is 0 Å². The Morgan fingerprint density at radius 2 is 2.25 bits per heavy atom. The molecule has 0 aliphatic carbocycles. The summed E-state index contributed by atoms with van der Waals surface area (Å²) in [6, 6.07) is 0.451. The quantitative estimate of drug-likeness (QED) is 0.629. The fraction of sp³-hybridized carbons (Fsp3) is 0.700. The summed E-state index contributed by atoms with van der Waals surface area (Å²) < 4.78 is 1.64. The van der Waals surface area contributed by atoms with Crippen LogP contribution in [0.4, 0.5) is 0 Å². The number of nitrogens with zero attached hydrogens (tertiary/aromatic N) is 3. The molecule has 0 aliphatic heterocycles. The van der Waals surface area contributed by atoms with Gasteiger partial charge in [-0.15, -0.1) is 5.10 Å². The van der Waals surface area contributed by atoms with Gasteiger partial charge < -0.3 is 10.6 Å². The van der Waals surface area contributed by atoms with E-state index in [1.807, 2.05) is 0 Å². The highest BCUT2D eigenvalue weighted by molar-refractivity contribution is 5.75. The van der Waals surface area contributed by atoms with E-state index in [4.69, 9.17) is 0 Å². The number of hydrogen-bond donors (Lipinski definition) is 2. The van der Waals surface area contributed by atoms with Gasteiger partial charge in [-0.2, -0.15) is 0 Å². The molecule has 1 heterocycles. The Kier molecular flexibility index (Phi) is 5.49. The Labute approximate surface area is 95.4 Å². The summed E-state index contributed by atoms with van der Waals surface area (Å²) in [5.74, 6) is 0.0426. The molecule has 1 rings (SSSR count). The summed E-state index contributed by atoms with van der Waals surface area (Å²) in [5, 5.41) is 13.5. The van der Waals surface area contributed by atoms with Crippen LogP contribution in [0, 0.1) is 0 Å². The molecule has 0 spiro atoms. The molecule has 1 aromatic heterocycles. The molecule has 0 saturated carbocycles. The first kappa shape index (κ1) is 12.6. The van der Waals surface area contributed by atoms with E-state index < -0.39 is 0 Å². The fourth-order valence-corrected chi connectivity index (χ4v) is 1.22. The van der Waals surface area contributed by atoms with Crippen molar-refractivity contribution >= 4 is 5.91 Å². The molecule has 16 heavy (non-hydrogen) atoms. The molecule has 0 atom stereocenters. The third kappa shape index (κ3) is 5.45. The number of nitrogens with one attached hydrogen (secondary N) is 2. The van der Waals surface area contributed by atoms with Crippen LogP contribution in [0.15, 0.2) is 12.4 Å². The number of aryl methyl sites for hydroxylation is 1. The highest BCUT2D eigenvalue weighted by atomic mass is 16.1. The summed E-state index contributed by atoms with van der Waals surface area (Å²) in [7, 11) is 0. The molecule has 6 nitrogen and oxygen atoms in total. The van der Waals surface area contributed by atoms with Gasteiger partial charge in [0.2, 0.25) is 5.91 Å². The SMILES string of the molecule is CC(C)NCCNC(=O)CCn1ccnn1. The van der Waals surface area contributed by atoms with Crippen molar-refractivity contribution in [3.05, 3.63) is 12.4 Å². The predicted molar refractivity (Wildman–Crippen MR) is 60.8 cm³/mol. The average Bonchev–Trinajstić information content (AvgIpc) is 2.74. The summed E-state index contributed by atoms with van der Waals surface area (Å²) in [5.41, 5.74) is 0. The number of amides is 1. The van der Waals surface area contributed by atoms with Crippen LogP contribution in [0.1, 0.15) is 20.3 Å². The number of aromatic nitrogens is 3. The minimum Gasteiger partial charge on any atom is -0.355 e. The maximum atomic E-state index is 11.4. The lowest BCUT2D eigenvalue weighted by atomic mass is 10.3. The smallest absolute Gasteiger partial charge is 0.221 e. The fourth-order valence-electron chi connectivity index (χ4n) is 1.22. The molecule has 0 aromatic carbocycles. The monoisotopic (exact) mass is 225 g/mol. The van der Waals surface area contributed by atoms with Crippen molar-refractivity contribution in [3.8, 4) is 0 Å². The normalized spacial score (nSPS) is 10.7. The molecule has 0 fully saturated rings. The van der Waals surface area contributed by atoms with Crippen LogP contribution in [0.5, 0.6) is 0 Å². The van der Waals surface area contributed by atoms with E-state index in [-0.39, 0.29) is 5.91 Å². The molecule has 0 unspecified atom stereocenters. The molecule has 0 aliphatic rings. The van der Waals surface area contributed by atoms with Crippen LogP contribution in [0.2, 0.25) is 0 Å². The molecule has 0 saturated heterocycles. The highest BCUT2D eigenvalue weighted by Crippen LogP contribution is 1.87. The summed E-state index contributed by atoms with van der Waals surface area (Å²) in [4.78, 5) is 11.4. The largest absolute Gasteiger partial charge is 0.355 e. The molecule has 0 bridgehead atoms. The zero-order chi connectivity index (χ0) is 11.8. The molecule has 1 amide bonds. The number of rotatable bonds is 7. The lowest BCUT2D eigenvalue weighted by Gasteiger charge is -2.08. The second kappa shape index (κ2) is 6.95. The number of carbonyl (C=O) groups excluding carboxylic acids is 1. The maximum absolute atomic E-state index is 11.4. The van der Waals surface area contributed by atoms with Crippen LogP contribution >= 0.6 is 0 Å². The van der Waals surface area contributed by atoms with Gasteiger partial charge in [-0.25, -0.2) is 0 Å². The van der Waals surface area contributed by atoms with Crippen molar-refractivity contribution in [2.24, 2.45) is 0 Å². The van der Waals surface area contributed by atoms with E-state index in [0.717, 1.165) is 6.54 Å². The first-order valence-corrected chi connectivity index (χ1v) is 5.52. The highest BCUT2D eigenvalue weighted by Gasteiger charge is 2.01. The number of carbonyl (C=O) groups is 1. The maximum Gasteiger partial charge on any atom is 0.221 e. The Morgan fingerprint density at radius 1 is 1.44 bits per heavy atom. The van der Waals surface area contributed by atoms with Crippen molar-refractivity contribution in [2.45, 2.75) is 32.9 Å². The minimum atomic E-state index is 0.0426. The van der Waals surface area contributed by atoms with Gasteiger partial charge in [0.05, 0.1) is 12.7 Å². The molecule has 6 heteroatoms. The van der Waals surface area contributed by atoms with Gasteiger partial charge in [-0.1, -0.05) is 19.1 Å². The minimum absolute atomic E-state index is 0.0426. The zero-order valence-corrected chi connectivity index (χ0v) is 9.81. The first-order chi connectivity index (χ1) is 7.68. The summed E-state index contributed by atoms with van der Waals surface area (Å²) in [6.45, 7) is 6.18. The van der Waals surface area contributed by atoms with Gasteiger partial charge in [-0.3, -0.25) is 9.48 Å². The zero-order valence-electron chi connectivity index (χ0n) is 9.81. The molecule has 0 radical (unpaired) electrons. The molecular weight excluding hydrogens is 206 g/mol. The number of hydrogen-bond acceptors (Lipinski definition) is 4. The van der Waals surface area contributed by atoms with Gasteiger partial charge in [0.1, 0.15) is 0 Å². The van der Waals surface area contributed by atoms with Gasteiger partial charge in [0, 0.05) is 31.7 Å². The van der Waals surface area contributed by atoms with Gasteiger partial charge in [0.15, 0.2) is 0 Å². The lowest BCUT2D eigenvalue weighted by molar-refractivity contribution is -0.121. The molecular formula is C10H19N5O.